The molecule has 144 valence electrons. The minimum Gasteiger partial charge on any atom is -0.497 e. The van der Waals surface area contributed by atoms with Crippen LogP contribution in [0.2, 0.25) is 0 Å². The summed E-state index contributed by atoms with van der Waals surface area (Å²) in [6.45, 7) is 4.66. The summed E-state index contributed by atoms with van der Waals surface area (Å²) in [6.07, 6.45) is 0. The lowest BCUT2D eigenvalue weighted by atomic mass is 10.1. The Kier molecular flexibility index (Phi) is 5.18. The Morgan fingerprint density at radius 2 is 1.89 bits per heavy atom. The minimum absolute atomic E-state index is 0.131. The Balaban J connectivity index is 1.38. The third kappa shape index (κ3) is 3.80. The number of carbonyl (C=O) groups excluding carboxylic acids is 1. The first-order chi connectivity index (χ1) is 13.7. The molecule has 2 aromatic rings. The number of fused-ring (bicyclic) bond motifs is 1. The Labute approximate surface area is 165 Å². The van der Waals surface area contributed by atoms with E-state index in [0.29, 0.717) is 12.1 Å². The lowest BCUT2D eigenvalue weighted by Gasteiger charge is -2.36. The molecule has 6 nitrogen and oxygen atoms in total. The SMILES string of the molecule is COc1ccc(CN2C[C@H]3CN(Cc4cccc(C#N)c4)CCN3C2=O)cc1. The van der Waals surface area contributed by atoms with Crippen LogP contribution < -0.4 is 4.74 Å². The fourth-order valence-corrected chi connectivity index (χ4v) is 4.07. The highest BCUT2D eigenvalue weighted by atomic mass is 16.5. The number of nitrogens with zero attached hydrogens (tertiary/aromatic N) is 4. The quantitative estimate of drug-likeness (QED) is 0.805. The maximum absolute atomic E-state index is 12.8. The fraction of sp³-hybridized carbons (Fsp3) is 0.364. The standard InChI is InChI=1S/C22H24N4O2/c1-28-21-7-5-17(6-8-21)14-25-16-20-15-24(9-10-26(20)22(25)27)13-19-4-2-3-18(11-19)12-23/h2-8,11,20H,9-10,13-16H2,1H3/t20-/m1/s1. The Bertz CT molecular complexity index is 890. The van der Waals surface area contributed by atoms with Gasteiger partial charge in [0.2, 0.25) is 0 Å². The zero-order valence-electron chi connectivity index (χ0n) is 16.0. The molecule has 0 aromatic heterocycles. The monoisotopic (exact) mass is 376 g/mol. The van der Waals surface area contributed by atoms with Crippen molar-refractivity contribution >= 4 is 6.03 Å². The lowest BCUT2D eigenvalue weighted by Crippen LogP contribution is -2.51. The number of hydrogen-bond acceptors (Lipinski definition) is 4. The second kappa shape index (κ2) is 7.91. The molecule has 0 unspecified atom stereocenters. The number of nitriles is 1. The predicted octanol–water partition coefficient (Wildman–Crippen LogP) is 2.69. The van der Waals surface area contributed by atoms with E-state index in [9.17, 15) is 4.79 Å². The largest absolute Gasteiger partial charge is 0.497 e. The summed E-state index contributed by atoms with van der Waals surface area (Å²) < 4.78 is 5.20. The molecule has 0 radical (unpaired) electrons. The Morgan fingerprint density at radius 1 is 1.07 bits per heavy atom. The maximum Gasteiger partial charge on any atom is 0.320 e. The van der Waals surface area contributed by atoms with Gasteiger partial charge in [-0.3, -0.25) is 4.90 Å². The number of urea groups is 1. The van der Waals surface area contributed by atoms with Crippen LogP contribution >= 0.6 is 0 Å². The molecule has 6 heteroatoms. The van der Waals surface area contributed by atoms with Crippen molar-refractivity contribution in [3.8, 4) is 11.8 Å². The van der Waals surface area contributed by atoms with Crippen LogP contribution in [-0.2, 0) is 13.1 Å². The molecular weight excluding hydrogens is 352 g/mol. The number of carbonyl (C=O) groups is 1. The van der Waals surface area contributed by atoms with Crippen molar-refractivity contribution in [2.45, 2.75) is 19.1 Å². The summed E-state index contributed by atoms with van der Waals surface area (Å²) >= 11 is 0. The van der Waals surface area contributed by atoms with Crippen molar-refractivity contribution in [1.82, 2.24) is 14.7 Å². The van der Waals surface area contributed by atoms with Crippen molar-refractivity contribution in [3.63, 3.8) is 0 Å². The van der Waals surface area contributed by atoms with Gasteiger partial charge in [0.05, 0.1) is 24.8 Å². The van der Waals surface area contributed by atoms with E-state index in [1.165, 1.54) is 0 Å². The van der Waals surface area contributed by atoms with Gasteiger partial charge >= 0.3 is 6.03 Å². The molecule has 0 spiro atoms. The maximum atomic E-state index is 12.8. The molecule has 2 aliphatic heterocycles. The molecular formula is C22H24N4O2. The number of methoxy groups -OCH3 is 1. The summed E-state index contributed by atoms with van der Waals surface area (Å²) in [6, 6.07) is 18.2. The van der Waals surface area contributed by atoms with Gasteiger partial charge in [0.15, 0.2) is 0 Å². The minimum atomic E-state index is 0.131. The summed E-state index contributed by atoms with van der Waals surface area (Å²) in [5.41, 5.74) is 2.95. The lowest BCUT2D eigenvalue weighted by molar-refractivity contribution is 0.116. The van der Waals surface area contributed by atoms with Crippen LogP contribution in [0.3, 0.4) is 0 Å². The number of piperazine rings is 1. The van der Waals surface area contributed by atoms with Crippen LogP contribution in [0.25, 0.3) is 0 Å². The molecule has 4 rings (SSSR count). The van der Waals surface area contributed by atoms with Gasteiger partial charge < -0.3 is 14.5 Å². The van der Waals surface area contributed by atoms with E-state index in [-0.39, 0.29) is 12.1 Å². The van der Waals surface area contributed by atoms with E-state index in [0.717, 1.165) is 49.6 Å². The number of ether oxygens (including phenoxy) is 1. The molecule has 2 heterocycles. The molecule has 0 N–H and O–H groups in total. The first-order valence-electron chi connectivity index (χ1n) is 9.56. The molecule has 28 heavy (non-hydrogen) atoms. The average molecular weight is 376 g/mol. The van der Waals surface area contributed by atoms with Crippen LogP contribution in [0.15, 0.2) is 48.5 Å². The van der Waals surface area contributed by atoms with Crippen molar-refractivity contribution in [3.05, 3.63) is 65.2 Å². The summed E-state index contributed by atoms with van der Waals surface area (Å²) in [5.74, 6) is 0.824. The van der Waals surface area contributed by atoms with Crippen LogP contribution in [0.5, 0.6) is 5.75 Å². The van der Waals surface area contributed by atoms with E-state index < -0.39 is 0 Å². The normalized spacial score (nSPS) is 19.4. The Hall–Kier alpha value is -3.04. The van der Waals surface area contributed by atoms with E-state index in [1.807, 2.05) is 52.3 Å². The van der Waals surface area contributed by atoms with Crippen LogP contribution in [0.4, 0.5) is 4.79 Å². The smallest absolute Gasteiger partial charge is 0.320 e. The topological polar surface area (TPSA) is 59.8 Å². The Morgan fingerprint density at radius 3 is 2.64 bits per heavy atom. The highest BCUT2D eigenvalue weighted by Crippen LogP contribution is 2.24. The van der Waals surface area contributed by atoms with Gasteiger partial charge in [0, 0.05) is 39.3 Å². The van der Waals surface area contributed by atoms with E-state index in [2.05, 4.69) is 17.0 Å². The second-order valence-corrected chi connectivity index (χ2v) is 7.41. The van der Waals surface area contributed by atoms with Gasteiger partial charge in [-0.2, -0.15) is 5.26 Å². The second-order valence-electron chi connectivity index (χ2n) is 7.41. The van der Waals surface area contributed by atoms with Gasteiger partial charge in [0.25, 0.3) is 0 Å². The molecule has 2 aromatic carbocycles. The van der Waals surface area contributed by atoms with Crippen molar-refractivity contribution < 1.29 is 9.53 Å². The number of benzene rings is 2. The fourth-order valence-electron chi connectivity index (χ4n) is 4.07. The zero-order chi connectivity index (χ0) is 19.5. The van der Waals surface area contributed by atoms with Crippen LogP contribution in [-0.4, -0.2) is 60.1 Å². The first kappa shape index (κ1) is 18.3. The number of amides is 2. The zero-order valence-corrected chi connectivity index (χ0v) is 16.0. The van der Waals surface area contributed by atoms with Gasteiger partial charge in [0.1, 0.15) is 5.75 Å². The summed E-state index contributed by atoms with van der Waals surface area (Å²) in [4.78, 5) is 19.1. The van der Waals surface area contributed by atoms with Gasteiger partial charge in [-0.25, -0.2) is 4.79 Å². The third-order valence-electron chi connectivity index (χ3n) is 5.51. The van der Waals surface area contributed by atoms with Crippen molar-refractivity contribution in [2.24, 2.45) is 0 Å². The molecule has 1 atom stereocenters. The summed E-state index contributed by atoms with van der Waals surface area (Å²) in [5, 5.41) is 9.08. The first-order valence-corrected chi connectivity index (χ1v) is 9.56. The van der Waals surface area contributed by atoms with Gasteiger partial charge in [-0.1, -0.05) is 24.3 Å². The average Bonchev–Trinajstić information content (AvgIpc) is 3.03. The molecule has 2 aliphatic rings. The number of hydrogen-bond donors (Lipinski definition) is 0. The molecule has 2 fully saturated rings. The van der Waals surface area contributed by atoms with Gasteiger partial charge in [-0.05, 0) is 35.4 Å². The number of rotatable bonds is 5. The molecule has 2 saturated heterocycles. The third-order valence-corrected chi connectivity index (χ3v) is 5.51. The van der Waals surface area contributed by atoms with E-state index in [1.54, 1.807) is 7.11 Å². The molecule has 0 bridgehead atoms. The predicted molar refractivity (Wildman–Crippen MR) is 106 cm³/mol. The van der Waals surface area contributed by atoms with Crippen LogP contribution in [0, 0.1) is 11.3 Å². The van der Waals surface area contributed by atoms with Crippen molar-refractivity contribution in [1.29, 1.82) is 5.26 Å². The van der Waals surface area contributed by atoms with Crippen LogP contribution in [0.1, 0.15) is 16.7 Å². The van der Waals surface area contributed by atoms with E-state index in [4.69, 9.17) is 10.00 Å². The molecule has 0 saturated carbocycles. The van der Waals surface area contributed by atoms with Crippen molar-refractivity contribution in [2.75, 3.05) is 33.3 Å². The highest BCUT2D eigenvalue weighted by Gasteiger charge is 2.40. The molecule has 2 amide bonds. The summed E-state index contributed by atoms with van der Waals surface area (Å²) in [7, 11) is 1.65. The van der Waals surface area contributed by atoms with E-state index >= 15 is 0 Å². The van der Waals surface area contributed by atoms with Gasteiger partial charge in [-0.15, -0.1) is 0 Å². The highest BCUT2D eigenvalue weighted by molar-refractivity contribution is 5.77. The molecule has 0 aliphatic carbocycles.